The minimum absolute atomic E-state index is 0.0486. The second kappa shape index (κ2) is 4.71. The van der Waals surface area contributed by atoms with E-state index in [9.17, 15) is 13.9 Å². The van der Waals surface area contributed by atoms with Gasteiger partial charge in [-0.2, -0.15) is 0 Å². The van der Waals surface area contributed by atoms with Crippen molar-refractivity contribution in [2.24, 2.45) is 5.92 Å². The summed E-state index contributed by atoms with van der Waals surface area (Å²) in [4.78, 5) is 0. The molecule has 1 N–H and O–H groups in total. The summed E-state index contributed by atoms with van der Waals surface area (Å²) in [5.74, 6) is -1.88. The van der Waals surface area contributed by atoms with Crippen LogP contribution in [0.4, 0.5) is 8.78 Å². The molecule has 0 fully saturated rings. The van der Waals surface area contributed by atoms with Crippen LogP contribution in [0.25, 0.3) is 0 Å². The summed E-state index contributed by atoms with van der Waals surface area (Å²) < 4.78 is 26.7. The third-order valence-corrected chi connectivity index (χ3v) is 2.81. The van der Waals surface area contributed by atoms with Gasteiger partial charge in [-0.05, 0) is 18.4 Å². The Morgan fingerprint density at radius 2 is 1.87 bits per heavy atom. The van der Waals surface area contributed by atoms with Crippen LogP contribution in [-0.2, 0) is 0 Å². The summed E-state index contributed by atoms with van der Waals surface area (Å²) in [6.07, 6.45) is -0.221. The third kappa shape index (κ3) is 2.34. The molecule has 2 unspecified atom stereocenters. The average Bonchev–Trinajstić information content (AvgIpc) is 2.24. The van der Waals surface area contributed by atoms with Crippen LogP contribution in [0.3, 0.4) is 0 Å². The molecule has 0 aromatic heterocycles. The highest BCUT2D eigenvalue weighted by molar-refractivity contribution is 5.27. The normalized spacial score (nSPS) is 15.1. The Kier molecular flexibility index (Phi) is 3.80. The zero-order valence-electron chi connectivity index (χ0n) is 9.22. The molecule has 3 heteroatoms. The topological polar surface area (TPSA) is 20.2 Å². The van der Waals surface area contributed by atoms with Crippen LogP contribution in [0, 0.1) is 24.5 Å². The molecule has 1 rings (SSSR count). The zero-order chi connectivity index (χ0) is 11.6. The number of aliphatic hydroxyl groups is 1. The maximum atomic E-state index is 13.5. The highest BCUT2D eigenvalue weighted by Crippen LogP contribution is 2.28. The molecule has 1 aromatic rings. The summed E-state index contributed by atoms with van der Waals surface area (Å²) in [5, 5.41) is 9.78. The first kappa shape index (κ1) is 12.1. The number of halogens is 2. The Labute approximate surface area is 88.7 Å². The summed E-state index contributed by atoms with van der Waals surface area (Å²) in [6, 6.07) is 2.93. The second-order valence-corrected chi connectivity index (χ2v) is 3.93. The average molecular weight is 214 g/mol. The lowest BCUT2D eigenvalue weighted by molar-refractivity contribution is 0.111. The van der Waals surface area contributed by atoms with E-state index in [4.69, 9.17) is 0 Å². The molecule has 0 radical (unpaired) electrons. The van der Waals surface area contributed by atoms with Crippen molar-refractivity contribution in [1.29, 1.82) is 0 Å². The molecular weight excluding hydrogens is 198 g/mol. The number of aryl methyl sites for hydroxylation is 1. The fourth-order valence-corrected chi connectivity index (χ4v) is 1.42. The van der Waals surface area contributed by atoms with Crippen molar-refractivity contribution in [3.8, 4) is 0 Å². The molecule has 0 saturated carbocycles. The molecule has 0 aliphatic rings. The fraction of sp³-hybridized carbons (Fsp3) is 0.500. The third-order valence-electron chi connectivity index (χ3n) is 2.81. The van der Waals surface area contributed by atoms with Gasteiger partial charge in [-0.15, -0.1) is 0 Å². The molecule has 0 aliphatic carbocycles. The van der Waals surface area contributed by atoms with Crippen molar-refractivity contribution < 1.29 is 13.9 Å². The Bertz CT molecular complexity index is 350. The Morgan fingerprint density at radius 1 is 1.27 bits per heavy atom. The van der Waals surface area contributed by atoms with Gasteiger partial charge in [0.2, 0.25) is 0 Å². The summed E-state index contributed by atoms with van der Waals surface area (Å²) in [6.45, 7) is 5.20. The molecule has 0 spiro atoms. The molecule has 1 aromatic carbocycles. The lowest BCUT2D eigenvalue weighted by atomic mass is 9.94. The van der Waals surface area contributed by atoms with E-state index in [1.54, 1.807) is 0 Å². The Balaban J connectivity index is 3.10. The van der Waals surface area contributed by atoms with Gasteiger partial charge in [-0.3, -0.25) is 0 Å². The molecule has 1 nitrogen and oxygen atoms in total. The number of hydrogen-bond acceptors (Lipinski definition) is 1. The van der Waals surface area contributed by atoms with Gasteiger partial charge in [0.1, 0.15) is 0 Å². The number of benzene rings is 1. The Morgan fingerprint density at radius 3 is 2.40 bits per heavy atom. The van der Waals surface area contributed by atoms with Crippen molar-refractivity contribution in [2.45, 2.75) is 33.3 Å². The SMILES string of the molecule is CCC(C)C(O)c1ccc(C)c(F)c1F. The molecule has 0 aliphatic heterocycles. The van der Waals surface area contributed by atoms with Gasteiger partial charge >= 0.3 is 0 Å². The molecule has 0 saturated heterocycles. The van der Waals surface area contributed by atoms with Crippen molar-refractivity contribution >= 4 is 0 Å². The first-order chi connectivity index (χ1) is 6.99. The van der Waals surface area contributed by atoms with Crippen LogP contribution >= 0.6 is 0 Å². The number of aliphatic hydroxyl groups excluding tert-OH is 1. The summed E-state index contributed by atoms with van der Waals surface area (Å²) in [5.41, 5.74) is 0.306. The molecule has 0 heterocycles. The molecule has 15 heavy (non-hydrogen) atoms. The second-order valence-electron chi connectivity index (χ2n) is 3.93. The van der Waals surface area contributed by atoms with Gasteiger partial charge in [-0.1, -0.05) is 32.4 Å². The van der Waals surface area contributed by atoms with Gasteiger partial charge in [0.05, 0.1) is 6.10 Å². The van der Waals surface area contributed by atoms with Gasteiger partial charge in [0, 0.05) is 5.56 Å². The summed E-state index contributed by atoms with van der Waals surface area (Å²) in [7, 11) is 0. The first-order valence-electron chi connectivity index (χ1n) is 5.11. The number of rotatable bonds is 3. The van der Waals surface area contributed by atoms with Crippen molar-refractivity contribution in [1.82, 2.24) is 0 Å². The van der Waals surface area contributed by atoms with Gasteiger partial charge in [-0.25, -0.2) is 8.78 Å². The highest BCUT2D eigenvalue weighted by Gasteiger charge is 2.21. The lowest BCUT2D eigenvalue weighted by Crippen LogP contribution is -2.11. The van der Waals surface area contributed by atoms with Crippen molar-refractivity contribution in [3.63, 3.8) is 0 Å². The maximum Gasteiger partial charge on any atom is 0.164 e. The van der Waals surface area contributed by atoms with Crippen LogP contribution in [0.1, 0.15) is 37.5 Å². The van der Waals surface area contributed by atoms with E-state index in [-0.39, 0.29) is 17.0 Å². The predicted molar refractivity (Wildman–Crippen MR) is 55.5 cm³/mol. The van der Waals surface area contributed by atoms with E-state index in [0.29, 0.717) is 0 Å². The fourth-order valence-electron chi connectivity index (χ4n) is 1.42. The minimum Gasteiger partial charge on any atom is -0.388 e. The summed E-state index contributed by atoms with van der Waals surface area (Å²) >= 11 is 0. The van der Waals surface area contributed by atoms with Crippen LogP contribution in [0.2, 0.25) is 0 Å². The van der Waals surface area contributed by atoms with E-state index >= 15 is 0 Å². The van der Waals surface area contributed by atoms with Crippen LogP contribution in [0.5, 0.6) is 0 Å². The highest BCUT2D eigenvalue weighted by atomic mass is 19.2. The Hall–Kier alpha value is -0.960. The molecule has 84 valence electrons. The smallest absolute Gasteiger partial charge is 0.164 e. The molecular formula is C12H16F2O. The molecule has 2 atom stereocenters. The largest absolute Gasteiger partial charge is 0.388 e. The standard InChI is InChI=1S/C12H16F2O/c1-4-7(2)12(15)9-6-5-8(3)10(13)11(9)14/h5-7,12,15H,4H2,1-3H3. The van der Waals surface area contributed by atoms with Crippen LogP contribution in [-0.4, -0.2) is 5.11 Å². The van der Waals surface area contributed by atoms with Crippen LogP contribution < -0.4 is 0 Å². The molecule has 0 bridgehead atoms. The van der Waals surface area contributed by atoms with E-state index < -0.39 is 17.7 Å². The van der Waals surface area contributed by atoms with E-state index in [0.717, 1.165) is 6.42 Å². The quantitative estimate of drug-likeness (QED) is 0.818. The van der Waals surface area contributed by atoms with E-state index in [2.05, 4.69) is 0 Å². The van der Waals surface area contributed by atoms with Gasteiger partial charge < -0.3 is 5.11 Å². The zero-order valence-corrected chi connectivity index (χ0v) is 9.22. The maximum absolute atomic E-state index is 13.5. The van der Waals surface area contributed by atoms with E-state index in [1.807, 2.05) is 13.8 Å². The number of hydrogen-bond donors (Lipinski definition) is 1. The van der Waals surface area contributed by atoms with Gasteiger partial charge in [0.25, 0.3) is 0 Å². The lowest BCUT2D eigenvalue weighted by Gasteiger charge is -2.18. The van der Waals surface area contributed by atoms with E-state index in [1.165, 1.54) is 19.1 Å². The predicted octanol–water partition coefficient (Wildman–Crippen LogP) is 3.35. The minimum atomic E-state index is -0.940. The molecule has 0 amide bonds. The van der Waals surface area contributed by atoms with Crippen LogP contribution in [0.15, 0.2) is 12.1 Å². The monoisotopic (exact) mass is 214 g/mol. The first-order valence-corrected chi connectivity index (χ1v) is 5.11. The van der Waals surface area contributed by atoms with Gasteiger partial charge in [0.15, 0.2) is 11.6 Å². The van der Waals surface area contributed by atoms with Crippen molar-refractivity contribution in [3.05, 3.63) is 34.9 Å². The van der Waals surface area contributed by atoms with Crippen molar-refractivity contribution in [2.75, 3.05) is 0 Å².